The number of rotatable bonds is 8. The van der Waals surface area contributed by atoms with E-state index in [9.17, 15) is 0 Å². The fourth-order valence-electron chi connectivity index (χ4n) is 1.87. The van der Waals surface area contributed by atoms with Crippen molar-refractivity contribution < 1.29 is 9.47 Å². The molecule has 122 valence electrons. The van der Waals surface area contributed by atoms with Gasteiger partial charge < -0.3 is 25.0 Å². The fourth-order valence-corrected chi connectivity index (χ4v) is 2.09. The maximum absolute atomic E-state index is 5.27. The van der Waals surface area contributed by atoms with E-state index in [2.05, 4.69) is 15.6 Å². The van der Waals surface area contributed by atoms with Gasteiger partial charge in [0.2, 0.25) is 0 Å². The van der Waals surface area contributed by atoms with E-state index in [-0.39, 0.29) is 0 Å². The number of nitrogens with zero attached hydrogens (tertiary/aromatic N) is 2. The molecule has 1 aromatic carbocycles. The molecule has 0 saturated heterocycles. The molecule has 0 spiro atoms. The molecule has 0 aromatic heterocycles. The SMILES string of the molecule is CN=CN(C)CCCNC(=S)Nc1ccc(OC)c(OC)c1. The van der Waals surface area contributed by atoms with Gasteiger partial charge in [-0.05, 0) is 30.8 Å². The van der Waals surface area contributed by atoms with Crippen LogP contribution in [0.5, 0.6) is 11.5 Å². The quantitative estimate of drug-likeness (QED) is 0.330. The van der Waals surface area contributed by atoms with Crippen molar-refractivity contribution >= 4 is 29.4 Å². The van der Waals surface area contributed by atoms with Crippen molar-refractivity contribution in [2.24, 2.45) is 4.99 Å². The van der Waals surface area contributed by atoms with Crippen LogP contribution in [0.3, 0.4) is 0 Å². The van der Waals surface area contributed by atoms with Crippen LogP contribution >= 0.6 is 12.2 Å². The fraction of sp³-hybridized carbons (Fsp3) is 0.467. The van der Waals surface area contributed by atoms with Crippen LogP contribution < -0.4 is 20.1 Å². The predicted octanol–water partition coefficient (Wildman–Crippen LogP) is 1.97. The molecule has 0 fully saturated rings. The summed E-state index contributed by atoms with van der Waals surface area (Å²) in [5.74, 6) is 1.35. The Morgan fingerprint density at radius 2 is 2.05 bits per heavy atom. The first-order valence-electron chi connectivity index (χ1n) is 7.00. The second-order valence-electron chi connectivity index (χ2n) is 4.66. The normalized spacial score (nSPS) is 10.4. The molecular formula is C15H24N4O2S. The lowest BCUT2D eigenvalue weighted by atomic mass is 10.3. The summed E-state index contributed by atoms with van der Waals surface area (Å²) in [6.45, 7) is 1.71. The van der Waals surface area contributed by atoms with Gasteiger partial charge in [0.15, 0.2) is 16.6 Å². The molecule has 0 unspecified atom stereocenters. The van der Waals surface area contributed by atoms with Gasteiger partial charge in [-0.1, -0.05) is 0 Å². The lowest BCUT2D eigenvalue weighted by Gasteiger charge is -2.15. The van der Waals surface area contributed by atoms with Gasteiger partial charge in [0.25, 0.3) is 0 Å². The van der Waals surface area contributed by atoms with Crippen molar-refractivity contribution in [2.45, 2.75) is 6.42 Å². The standard InChI is InChI=1S/C15H24N4O2S/c1-16-11-19(2)9-5-8-17-15(22)18-12-6-7-13(20-3)14(10-12)21-4/h6-7,10-11H,5,8-9H2,1-4H3,(H2,17,18,22). The minimum Gasteiger partial charge on any atom is -0.493 e. The summed E-state index contributed by atoms with van der Waals surface area (Å²) < 4.78 is 10.5. The zero-order valence-corrected chi connectivity index (χ0v) is 14.4. The molecule has 0 bridgehead atoms. The van der Waals surface area contributed by atoms with Gasteiger partial charge >= 0.3 is 0 Å². The van der Waals surface area contributed by atoms with E-state index in [1.165, 1.54) is 0 Å². The zero-order chi connectivity index (χ0) is 16.4. The molecule has 0 heterocycles. The van der Waals surface area contributed by atoms with E-state index in [0.29, 0.717) is 16.6 Å². The number of methoxy groups -OCH3 is 2. The second-order valence-corrected chi connectivity index (χ2v) is 5.07. The number of aliphatic imine (C=N–C) groups is 1. The van der Waals surface area contributed by atoms with Crippen molar-refractivity contribution in [2.75, 3.05) is 46.7 Å². The Bertz CT molecular complexity index is 508. The summed E-state index contributed by atoms with van der Waals surface area (Å²) in [6, 6.07) is 5.57. The van der Waals surface area contributed by atoms with Gasteiger partial charge in [-0.25, -0.2) is 0 Å². The van der Waals surface area contributed by atoms with E-state index in [4.69, 9.17) is 21.7 Å². The van der Waals surface area contributed by atoms with Gasteiger partial charge in [-0.3, -0.25) is 4.99 Å². The Balaban J connectivity index is 2.39. The first-order chi connectivity index (χ1) is 10.6. The van der Waals surface area contributed by atoms with Crippen molar-refractivity contribution in [1.29, 1.82) is 0 Å². The highest BCUT2D eigenvalue weighted by molar-refractivity contribution is 7.80. The van der Waals surface area contributed by atoms with Gasteiger partial charge in [0, 0.05) is 38.9 Å². The molecule has 22 heavy (non-hydrogen) atoms. The Kier molecular flexibility index (Phi) is 8.06. The first-order valence-corrected chi connectivity index (χ1v) is 7.41. The lowest BCUT2D eigenvalue weighted by Crippen LogP contribution is -2.31. The summed E-state index contributed by atoms with van der Waals surface area (Å²) in [6.07, 6.45) is 2.77. The minimum atomic E-state index is 0.582. The van der Waals surface area contributed by atoms with E-state index in [1.807, 2.05) is 30.1 Å². The third-order valence-corrected chi connectivity index (χ3v) is 3.17. The average Bonchev–Trinajstić information content (AvgIpc) is 2.51. The number of hydrogen-bond donors (Lipinski definition) is 2. The third kappa shape index (κ3) is 6.17. The molecule has 0 aliphatic rings. The maximum Gasteiger partial charge on any atom is 0.170 e. The minimum absolute atomic E-state index is 0.582. The zero-order valence-electron chi connectivity index (χ0n) is 13.5. The monoisotopic (exact) mass is 324 g/mol. The van der Waals surface area contributed by atoms with Gasteiger partial charge in [-0.15, -0.1) is 0 Å². The summed E-state index contributed by atoms with van der Waals surface area (Å²) in [7, 11) is 6.97. The summed E-state index contributed by atoms with van der Waals surface area (Å²) in [5.41, 5.74) is 0.852. The number of benzene rings is 1. The highest BCUT2D eigenvalue weighted by atomic mass is 32.1. The number of anilines is 1. The number of thiocarbonyl (C=S) groups is 1. The van der Waals surface area contributed by atoms with Crippen LogP contribution in [0.1, 0.15) is 6.42 Å². The van der Waals surface area contributed by atoms with Gasteiger partial charge in [-0.2, -0.15) is 0 Å². The smallest absolute Gasteiger partial charge is 0.170 e. The van der Waals surface area contributed by atoms with Gasteiger partial charge in [0.1, 0.15) is 0 Å². The highest BCUT2D eigenvalue weighted by Gasteiger charge is 2.05. The van der Waals surface area contributed by atoms with E-state index in [0.717, 1.165) is 25.2 Å². The molecule has 1 rings (SSSR count). The largest absolute Gasteiger partial charge is 0.493 e. The first kappa shape index (κ1) is 18.0. The van der Waals surface area contributed by atoms with Gasteiger partial charge in [0.05, 0.1) is 20.6 Å². The maximum atomic E-state index is 5.27. The van der Waals surface area contributed by atoms with E-state index < -0.39 is 0 Å². The number of hydrogen-bond acceptors (Lipinski definition) is 4. The van der Waals surface area contributed by atoms with Crippen molar-refractivity contribution in [3.05, 3.63) is 18.2 Å². The van der Waals surface area contributed by atoms with Crippen molar-refractivity contribution in [1.82, 2.24) is 10.2 Å². The Morgan fingerprint density at radius 3 is 2.68 bits per heavy atom. The molecular weight excluding hydrogens is 300 g/mol. The van der Waals surface area contributed by atoms with Crippen LogP contribution in [0.2, 0.25) is 0 Å². The molecule has 0 saturated carbocycles. The summed E-state index contributed by atoms with van der Waals surface area (Å²) in [4.78, 5) is 5.99. The number of ether oxygens (including phenoxy) is 2. The van der Waals surface area contributed by atoms with Crippen molar-refractivity contribution in [3.8, 4) is 11.5 Å². The Labute approximate surface area is 137 Å². The molecule has 6 nitrogen and oxygen atoms in total. The summed E-state index contributed by atoms with van der Waals surface area (Å²) >= 11 is 5.27. The lowest BCUT2D eigenvalue weighted by molar-refractivity contribution is 0.355. The molecule has 0 atom stereocenters. The average molecular weight is 324 g/mol. The van der Waals surface area contributed by atoms with Crippen LogP contribution in [0.15, 0.2) is 23.2 Å². The molecule has 2 N–H and O–H groups in total. The van der Waals surface area contributed by atoms with Crippen LogP contribution in [0, 0.1) is 0 Å². The Morgan fingerprint density at radius 1 is 1.32 bits per heavy atom. The van der Waals surface area contributed by atoms with E-state index >= 15 is 0 Å². The highest BCUT2D eigenvalue weighted by Crippen LogP contribution is 2.29. The molecule has 0 aliphatic carbocycles. The van der Waals surface area contributed by atoms with Crippen LogP contribution in [0.4, 0.5) is 5.69 Å². The van der Waals surface area contributed by atoms with Crippen LogP contribution in [-0.2, 0) is 0 Å². The molecule has 1 aromatic rings. The van der Waals surface area contributed by atoms with Crippen molar-refractivity contribution in [3.63, 3.8) is 0 Å². The molecule has 7 heteroatoms. The molecule has 0 amide bonds. The second kappa shape index (κ2) is 9.83. The molecule has 0 radical (unpaired) electrons. The third-order valence-electron chi connectivity index (χ3n) is 2.93. The Hall–Kier alpha value is -2.02. The van der Waals surface area contributed by atoms with Crippen LogP contribution in [-0.4, -0.2) is 57.8 Å². The topological polar surface area (TPSA) is 58.1 Å². The predicted molar refractivity (Wildman–Crippen MR) is 95.4 cm³/mol. The van der Waals surface area contributed by atoms with Crippen LogP contribution in [0.25, 0.3) is 0 Å². The number of nitrogens with one attached hydrogen (secondary N) is 2. The summed E-state index contributed by atoms with van der Waals surface area (Å²) in [5, 5.41) is 6.88. The molecule has 0 aliphatic heterocycles. The van der Waals surface area contributed by atoms with E-state index in [1.54, 1.807) is 27.6 Å².